The van der Waals surface area contributed by atoms with Gasteiger partial charge in [-0.25, -0.2) is 0 Å². The van der Waals surface area contributed by atoms with Crippen molar-refractivity contribution in [3.05, 3.63) is 41.9 Å². The van der Waals surface area contributed by atoms with Gasteiger partial charge in [0.15, 0.2) is 11.5 Å². The van der Waals surface area contributed by atoms with Crippen LogP contribution >= 0.6 is 0 Å². The Hall–Kier alpha value is -2.14. The number of aliphatic hydroxyl groups excluding tert-OH is 1. The third kappa shape index (κ3) is 2.75. The Bertz CT molecular complexity index is 521. The highest BCUT2D eigenvalue weighted by atomic mass is 16.5. The van der Waals surface area contributed by atoms with Crippen molar-refractivity contribution in [1.29, 1.82) is 0 Å². The van der Waals surface area contributed by atoms with Gasteiger partial charge in [-0.2, -0.15) is 0 Å². The Morgan fingerprint density at radius 3 is 2.61 bits per heavy atom. The first-order chi connectivity index (χ1) is 8.72. The van der Waals surface area contributed by atoms with Crippen molar-refractivity contribution in [3.63, 3.8) is 0 Å². The Balaban J connectivity index is 1.99. The fourth-order valence-electron chi connectivity index (χ4n) is 1.59. The van der Waals surface area contributed by atoms with Crippen LogP contribution in [-0.2, 0) is 13.2 Å². The second-order valence-electron chi connectivity index (χ2n) is 3.77. The van der Waals surface area contributed by atoms with E-state index in [2.05, 4.69) is 5.32 Å². The minimum atomic E-state index is -0.108. The van der Waals surface area contributed by atoms with Crippen LogP contribution in [0, 0.1) is 0 Å². The molecule has 0 aliphatic heterocycles. The highest BCUT2D eigenvalue weighted by Crippen LogP contribution is 2.28. The van der Waals surface area contributed by atoms with Crippen LogP contribution in [0.4, 0.5) is 5.69 Å². The third-order valence-electron chi connectivity index (χ3n) is 2.52. The van der Waals surface area contributed by atoms with Crippen LogP contribution in [-0.4, -0.2) is 17.3 Å². The normalized spacial score (nSPS) is 10.3. The molecule has 0 amide bonds. The van der Waals surface area contributed by atoms with E-state index in [0.717, 1.165) is 5.69 Å². The molecule has 1 heterocycles. The van der Waals surface area contributed by atoms with Gasteiger partial charge >= 0.3 is 0 Å². The second kappa shape index (κ2) is 5.46. The largest absolute Gasteiger partial charge is 0.504 e. The number of ether oxygens (including phenoxy) is 1. The molecule has 0 unspecified atom stereocenters. The molecule has 0 aliphatic rings. The van der Waals surface area contributed by atoms with Crippen molar-refractivity contribution in [2.45, 2.75) is 13.2 Å². The summed E-state index contributed by atoms with van der Waals surface area (Å²) >= 11 is 0. The quantitative estimate of drug-likeness (QED) is 0.756. The van der Waals surface area contributed by atoms with Gasteiger partial charge in [-0.1, -0.05) is 0 Å². The molecule has 0 saturated carbocycles. The zero-order chi connectivity index (χ0) is 13.0. The molecule has 5 heteroatoms. The van der Waals surface area contributed by atoms with Crippen molar-refractivity contribution < 1.29 is 19.4 Å². The minimum absolute atomic E-state index is 0.0815. The maximum Gasteiger partial charge on any atom is 0.160 e. The molecule has 0 aliphatic carbocycles. The van der Waals surface area contributed by atoms with E-state index in [0.29, 0.717) is 23.8 Å². The highest BCUT2D eigenvalue weighted by Gasteiger charge is 2.04. The van der Waals surface area contributed by atoms with E-state index in [1.54, 1.807) is 30.3 Å². The Kier molecular flexibility index (Phi) is 3.74. The average molecular weight is 249 g/mol. The molecule has 18 heavy (non-hydrogen) atoms. The number of aliphatic hydroxyl groups is 1. The number of anilines is 1. The van der Waals surface area contributed by atoms with Crippen molar-refractivity contribution in [2.24, 2.45) is 0 Å². The summed E-state index contributed by atoms with van der Waals surface area (Å²) in [6.07, 6.45) is 0. The monoisotopic (exact) mass is 249 g/mol. The number of benzene rings is 1. The SMILES string of the molecule is COc1ccc(NCc2ccc(CO)o2)cc1O. The first kappa shape index (κ1) is 12.3. The molecule has 3 N–H and O–H groups in total. The third-order valence-corrected chi connectivity index (χ3v) is 2.52. The summed E-state index contributed by atoms with van der Waals surface area (Å²) in [5, 5.41) is 21.6. The molecule has 0 radical (unpaired) electrons. The predicted molar refractivity (Wildman–Crippen MR) is 66.6 cm³/mol. The van der Waals surface area contributed by atoms with E-state index in [-0.39, 0.29) is 12.4 Å². The van der Waals surface area contributed by atoms with Crippen LogP contribution < -0.4 is 10.1 Å². The molecule has 0 spiro atoms. The van der Waals surface area contributed by atoms with E-state index in [1.807, 2.05) is 0 Å². The standard InChI is InChI=1S/C13H15NO4/c1-17-13-5-2-9(6-12(13)16)14-7-10-3-4-11(8-15)18-10/h2-6,14-16H,7-8H2,1H3. The Morgan fingerprint density at radius 1 is 1.22 bits per heavy atom. The number of aromatic hydroxyl groups is 1. The van der Waals surface area contributed by atoms with Gasteiger partial charge in [0.25, 0.3) is 0 Å². The van der Waals surface area contributed by atoms with Crippen LogP contribution in [0.1, 0.15) is 11.5 Å². The van der Waals surface area contributed by atoms with Crippen LogP contribution in [0.5, 0.6) is 11.5 Å². The number of furan rings is 1. The number of phenols is 1. The number of methoxy groups -OCH3 is 1. The van der Waals surface area contributed by atoms with Crippen LogP contribution in [0.15, 0.2) is 34.7 Å². The summed E-state index contributed by atoms with van der Waals surface area (Å²) < 4.78 is 10.3. The molecule has 1 aromatic carbocycles. The maximum absolute atomic E-state index is 9.61. The van der Waals surface area contributed by atoms with Crippen molar-refractivity contribution >= 4 is 5.69 Å². The van der Waals surface area contributed by atoms with Crippen molar-refractivity contribution in [1.82, 2.24) is 0 Å². The highest BCUT2D eigenvalue weighted by molar-refractivity contribution is 5.54. The summed E-state index contributed by atoms with van der Waals surface area (Å²) in [7, 11) is 1.50. The van der Waals surface area contributed by atoms with Crippen molar-refractivity contribution in [2.75, 3.05) is 12.4 Å². The minimum Gasteiger partial charge on any atom is -0.504 e. The number of nitrogens with one attached hydrogen (secondary N) is 1. The Labute approximate surface area is 105 Å². The fourth-order valence-corrected chi connectivity index (χ4v) is 1.59. The summed E-state index contributed by atoms with van der Waals surface area (Å²) in [5.41, 5.74) is 0.759. The topological polar surface area (TPSA) is 74.9 Å². The molecule has 0 bridgehead atoms. The fraction of sp³-hybridized carbons (Fsp3) is 0.231. The molecular weight excluding hydrogens is 234 g/mol. The molecule has 1 aromatic heterocycles. The van der Waals surface area contributed by atoms with E-state index in [4.69, 9.17) is 14.3 Å². The summed E-state index contributed by atoms with van der Waals surface area (Å²) in [5.74, 6) is 1.76. The number of phenolic OH excluding ortho intramolecular Hbond substituents is 1. The van der Waals surface area contributed by atoms with E-state index >= 15 is 0 Å². The first-order valence-electron chi connectivity index (χ1n) is 5.52. The average Bonchev–Trinajstić information content (AvgIpc) is 2.84. The predicted octanol–water partition coefficient (Wildman–Crippen LogP) is 2.10. The van der Waals surface area contributed by atoms with E-state index < -0.39 is 0 Å². The molecule has 0 atom stereocenters. The van der Waals surface area contributed by atoms with Crippen molar-refractivity contribution in [3.8, 4) is 11.5 Å². The van der Waals surface area contributed by atoms with Gasteiger partial charge in [0, 0.05) is 11.8 Å². The zero-order valence-electron chi connectivity index (χ0n) is 10.0. The summed E-state index contributed by atoms with van der Waals surface area (Å²) in [6.45, 7) is 0.370. The lowest BCUT2D eigenvalue weighted by Gasteiger charge is -2.07. The number of hydrogen-bond acceptors (Lipinski definition) is 5. The molecule has 5 nitrogen and oxygen atoms in total. The smallest absolute Gasteiger partial charge is 0.160 e. The van der Waals surface area contributed by atoms with Gasteiger partial charge in [-0.15, -0.1) is 0 Å². The van der Waals surface area contributed by atoms with Gasteiger partial charge in [0.1, 0.15) is 18.1 Å². The van der Waals surface area contributed by atoms with Crippen LogP contribution in [0.2, 0.25) is 0 Å². The van der Waals surface area contributed by atoms with Crippen LogP contribution in [0.3, 0.4) is 0 Å². The summed E-state index contributed by atoms with van der Waals surface area (Å²) in [4.78, 5) is 0. The number of rotatable bonds is 5. The summed E-state index contributed by atoms with van der Waals surface area (Å²) in [6, 6.07) is 8.58. The molecular formula is C13H15NO4. The molecule has 0 saturated heterocycles. The van der Waals surface area contributed by atoms with Gasteiger partial charge in [-0.05, 0) is 24.3 Å². The van der Waals surface area contributed by atoms with Gasteiger partial charge in [-0.3, -0.25) is 0 Å². The van der Waals surface area contributed by atoms with E-state index in [9.17, 15) is 5.11 Å². The second-order valence-corrected chi connectivity index (χ2v) is 3.77. The lowest BCUT2D eigenvalue weighted by Crippen LogP contribution is -1.98. The zero-order valence-corrected chi connectivity index (χ0v) is 10.0. The first-order valence-corrected chi connectivity index (χ1v) is 5.52. The molecule has 2 rings (SSSR count). The Morgan fingerprint density at radius 2 is 2.00 bits per heavy atom. The lowest BCUT2D eigenvalue weighted by molar-refractivity contribution is 0.244. The van der Waals surface area contributed by atoms with Gasteiger partial charge < -0.3 is 24.7 Å². The van der Waals surface area contributed by atoms with Gasteiger partial charge in [0.2, 0.25) is 0 Å². The molecule has 96 valence electrons. The number of hydrogen-bond donors (Lipinski definition) is 3. The van der Waals surface area contributed by atoms with Gasteiger partial charge in [0.05, 0.1) is 13.7 Å². The van der Waals surface area contributed by atoms with Crippen LogP contribution in [0.25, 0.3) is 0 Å². The molecule has 2 aromatic rings. The molecule has 0 fully saturated rings. The lowest BCUT2D eigenvalue weighted by atomic mass is 10.2. The van der Waals surface area contributed by atoms with E-state index in [1.165, 1.54) is 7.11 Å². The maximum atomic E-state index is 9.61.